The summed E-state index contributed by atoms with van der Waals surface area (Å²) in [6.07, 6.45) is 1.78. The SMILES string of the molecule is CCN(C)/C=N/c1cc(C)c(C(=O)OCc2ccc(Cl)cc2Cl)cc1C. The minimum atomic E-state index is -0.391. The molecule has 2 rings (SSSR count). The van der Waals surface area contributed by atoms with Crippen LogP contribution in [0, 0.1) is 13.8 Å². The fraction of sp³-hybridized carbons (Fsp3) is 0.300. The van der Waals surface area contributed by atoms with Crippen LogP contribution in [0.2, 0.25) is 10.0 Å². The van der Waals surface area contributed by atoms with Crippen LogP contribution in [0.3, 0.4) is 0 Å². The van der Waals surface area contributed by atoms with E-state index in [1.54, 1.807) is 30.6 Å². The van der Waals surface area contributed by atoms with E-state index < -0.39 is 5.97 Å². The number of halogens is 2. The van der Waals surface area contributed by atoms with Crippen LogP contribution in [-0.2, 0) is 11.3 Å². The van der Waals surface area contributed by atoms with Crippen LogP contribution in [0.15, 0.2) is 35.3 Å². The van der Waals surface area contributed by atoms with Crippen molar-refractivity contribution in [2.45, 2.75) is 27.4 Å². The third-order valence-corrected chi connectivity index (χ3v) is 4.62. The van der Waals surface area contributed by atoms with Gasteiger partial charge >= 0.3 is 5.97 Å². The third-order valence-electron chi connectivity index (χ3n) is 4.03. The van der Waals surface area contributed by atoms with Crippen molar-refractivity contribution in [3.8, 4) is 0 Å². The van der Waals surface area contributed by atoms with Crippen LogP contribution < -0.4 is 0 Å². The van der Waals surface area contributed by atoms with Gasteiger partial charge < -0.3 is 9.64 Å². The summed E-state index contributed by atoms with van der Waals surface area (Å²) in [4.78, 5) is 18.9. The molecule has 0 N–H and O–H groups in total. The van der Waals surface area contributed by atoms with Gasteiger partial charge in [-0.1, -0.05) is 29.3 Å². The first-order valence-electron chi connectivity index (χ1n) is 8.28. The third kappa shape index (κ3) is 5.23. The van der Waals surface area contributed by atoms with E-state index in [0.717, 1.165) is 23.4 Å². The maximum atomic E-state index is 12.5. The number of aliphatic imine (C=N–C) groups is 1. The Morgan fingerprint density at radius 1 is 1.19 bits per heavy atom. The van der Waals surface area contributed by atoms with Crippen molar-refractivity contribution in [1.29, 1.82) is 0 Å². The number of hydrogen-bond donors (Lipinski definition) is 0. The van der Waals surface area contributed by atoms with Crippen molar-refractivity contribution < 1.29 is 9.53 Å². The molecule has 0 radical (unpaired) electrons. The predicted molar refractivity (Wildman–Crippen MR) is 108 cm³/mol. The Morgan fingerprint density at radius 3 is 2.58 bits per heavy atom. The quantitative estimate of drug-likeness (QED) is 0.366. The van der Waals surface area contributed by atoms with Crippen molar-refractivity contribution in [2.24, 2.45) is 4.99 Å². The molecule has 0 atom stereocenters. The van der Waals surface area contributed by atoms with Crippen molar-refractivity contribution in [3.05, 3.63) is 62.6 Å². The van der Waals surface area contributed by atoms with Crippen molar-refractivity contribution in [1.82, 2.24) is 4.90 Å². The molecule has 0 aliphatic carbocycles. The lowest BCUT2D eigenvalue weighted by Gasteiger charge is -2.12. The summed E-state index contributed by atoms with van der Waals surface area (Å²) in [5.74, 6) is -0.391. The van der Waals surface area contributed by atoms with Gasteiger partial charge in [0.05, 0.1) is 17.6 Å². The molecule has 0 saturated carbocycles. The van der Waals surface area contributed by atoms with Crippen LogP contribution in [0.1, 0.15) is 34.0 Å². The summed E-state index contributed by atoms with van der Waals surface area (Å²) in [6.45, 7) is 6.81. The molecule has 0 spiro atoms. The molecule has 0 heterocycles. The lowest BCUT2D eigenvalue weighted by molar-refractivity contribution is 0.0472. The average Bonchev–Trinajstić information content (AvgIpc) is 2.60. The Hall–Kier alpha value is -2.04. The number of ether oxygens (including phenoxy) is 1. The molecule has 0 aliphatic rings. The summed E-state index contributed by atoms with van der Waals surface area (Å²) in [5, 5.41) is 1.02. The van der Waals surface area contributed by atoms with Gasteiger partial charge in [0.15, 0.2) is 0 Å². The topological polar surface area (TPSA) is 41.9 Å². The number of rotatable bonds is 6. The zero-order valence-corrected chi connectivity index (χ0v) is 16.9. The minimum Gasteiger partial charge on any atom is -0.457 e. The molecular formula is C20H22Cl2N2O2. The summed E-state index contributed by atoms with van der Waals surface area (Å²) in [5.41, 5.74) is 3.79. The molecule has 0 saturated heterocycles. The van der Waals surface area contributed by atoms with Gasteiger partial charge in [-0.3, -0.25) is 0 Å². The normalized spacial score (nSPS) is 11.0. The second-order valence-corrected chi connectivity index (χ2v) is 6.93. The van der Waals surface area contributed by atoms with E-state index >= 15 is 0 Å². The molecule has 0 fully saturated rings. The molecule has 0 unspecified atom stereocenters. The lowest BCUT2D eigenvalue weighted by Crippen LogP contribution is -2.14. The maximum Gasteiger partial charge on any atom is 0.338 e. The second-order valence-electron chi connectivity index (χ2n) is 6.08. The van der Waals surface area contributed by atoms with Gasteiger partial charge in [-0.2, -0.15) is 0 Å². The van der Waals surface area contributed by atoms with Crippen LogP contribution >= 0.6 is 23.2 Å². The van der Waals surface area contributed by atoms with Crippen LogP contribution in [-0.4, -0.2) is 30.8 Å². The summed E-state index contributed by atoms with van der Waals surface area (Å²) < 4.78 is 5.41. The number of aryl methyl sites for hydroxylation is 2. The van der Waals surface area contributed by atoms with E-state index in [9.17, 15) is 4.79 Å². The highest BCUT2D eigenvalue weighted by atomic mass is 35.5. The first-order chi connectivity index (χ1) is 12.3. The predicted octanol–water partition coefficient (Wildman–Crippen LogP) is 5.58. The molecule has 138 valence electrons. The molecule has 6 heteroatoms. The van der Waals surface area contributed by atoms with Crippen LogP contribution in [0.4, 0.5) is 5.69 Å². The Bertz CT molecular complexity index is 835. The lowest BCUT2D eigenvalue weighted by atomic mass is 10.0. The second kappa shape index (κ2) is 9.06. The number of hydrogen-bond acceptors (Lipinski definition) is 3. The fourth-order valence-electron chi connectivity index (χ4n) is 2.26. The molecule has 0 bridgehead atoms. The zero-order chi connectivity index (χ0) is 19.3. The molecule has 2 aromatic carbocycles. The van der Waals surface area contributed by atoms with E-state index in [1.165, 1.54) is 0 Å². The van der Waals surface area contributed by atoms with E-state index in [1.807, 2.05) is 31.9 Å². The Kier molecular flexibility index (Phi) is 7.06. The number of carbonyl (C=O) groups is 1. The largest absolute Gasteiger partial charge is 0.457 e. The summed E-state index contributed by atoms with van der Waals surface area (Å²) in [7, 11) is 1.96. The van der Waals surface area contributed by atoms with Gasteiger partial charge in [0.1, 0.15) is 6.61 Å². The fourth-order valence-corrected chi connectivity index (χ4v) is 2.73. The van der Waals surface area contributed by atoms with Gasteiger partial charge in [0.25, 0.3) is 0 Å². The van der Waals surface area contributed by atoms with Gasteiger partial charge in [0.2, 0.25) is 0 Å². The number of benzene rings is 2. The van der Waals surface area contributed by atoms with E-state index in [4.69, 9.17) is 27.9 Å². The molecule has 0 amide bonds. The van der Waals surface area contributed by atoms with Gasteiger partial charge in [-0.15, -0.1) is 0 Å². The Balaban J connectivity index is 2.13. The molecule has 2 aromatic rings. The van der Waals surface area contributed by atoms with Crippen molar-refractivity contribution >= 4 is 41.2 Å². The number of esters is 1. The minimum absolute atomic E-state index is 0.0918. The Morgan fingerprint density at radius 2 is 1.92 bits per heavy atom. The standard InChI is InChI=1S/C20H22Cl2N2O2/c1-5-24(4)12-23-19-9-13(2)17(8-14(19)3)20(25)26-11-15-6-7-16(21)10-18(15)22/h6-10,12H,5,11H2,1-4H3/b23-12+. The van der Waals surface area contributed by atoms with E-state index in [2.05, 4.69) is 11.9 Å². The van der Waals surface area contributed by atoms with E-state index in [0.29, 0.717) is 21.2 Å². The molecule has 0 aliphatic heterocycles. The van der Waals surface area contributed by atoms with Gasteiger partial charge in [-0.05, 0) is 56.2 Å². The van der Waals surface area contributed by atoms with Crippen molar-refractivity contribution in [3.63, 3.8) is 0 Å². The van der Waals surface area contributed by atoms with Crippen LogP contribution in [0.5, 0.6) is 0 Å². The first-order valence-corrected chi connectivity index (χ1v) is 9.04. The van der Waals surface area contributed by atoms with Crippen LogP contribution in [0.25, 0.3) is 0 Å². The number of nitrogens with zero attached hydrogens (tertiary/aromatic N) is 2. The summed E-state index contributed by atoms with van der Waals surface area (Å²) in [6, 6.07) is 8.78. The van der Waals surface area contributed by atoms with Crippen molar-refractivity contribution in [2.75, 3.05) is 13.6 Å². The average molecular weight is 393 g/mol. The monoisotopic (exact) mass is 392 g/mol. The zero-order valence-electron chi connectivity index (χ0n) is 15.3. The first kappa shape index (κ1) is 20.3. The smallest absolute Gasteiger partial charge is 0.338 e. The van der Waals surface area contributed by atoms with E-state index in [-0.39, 0.29) is 6.61 Å². The number of carbonyl (C=O) groups excluding carboxylic acids is 1. The highest BCUT2D eigenvalue weighted by molar-refractivity contribution is 6.35. The molecular weight excluding hydrogens is 371 g/mol. The summed E-state index contributed by atoms with van der Waals surface area (Å²) >= 11 is 12.0. The Labute approximate surface area is 164 Å². The molecule has 0 aromatic heterocycles. The highest BCUT2D eigenvalue weighted by Crippen LogP contribution is 2.25. The maximum absolute atomic E-state index is 12.5. The van der Waals surface area contributed by atoms with Gasteiger partial charge in [-0.25, -0.2) is 9.79 Å². The van der Waals surface area contributed by atoms with Gasteiger partial charge in [0, 0.05) is 29.2 Å². The highest BCUT2D eigenvalue weighted by Gasteiger charge is 2.14. The molecule has 4 nitrogen and oxygen atoms in total. The molecule has 26 heavy (non-hydrogen) atoms.